The van der Waals surface area contributed by atoms with E-state index in [1.165, 1.54) is 0 Å². The third kappa shape index (κ3) is 4.46. The smallest absolute Gasteiger partial charge is 0.258 e. The van der Waals surface area contributed by atoms with E-state index in [9.17, 15) is 9.59 Å². The van der Waals surface area contributed by atoms with Gasteiger partial charge in [-0.05, 0) is 42.8 Å². The van der Waals surface area contributed by atoms with Crippen molar-refractivity contribution in [2.75, 3.05) is 18.5 Å². The molecule has 0 aromatic heterocycles. The Labute approximate surface area is 166 Å². The standard InChI is InChI=1S/C24H24N2O2/c1-3-26(22-15-8-5-9-16-22)24(28)21-14-10-13-20(17-21)23(27)25(2)18-19-11-6-4-7-12-19/h4-17H,3,18H2,1-2H3. The molecular weight excluding hydrogens is 348 g/mol. The molecule has 0 fully saturated rings. The van der Waals surface area contributed by atoms with E-state index < -0.39 is 0 Å². The second-order valence-electron chi connectivity index (χ2n) is 6.61. The number of amides is 2. The molecule has 4 heteroatoms. The summed E-state index contributed by atoms with van der Waals surface area (Å²) in [6, 6.07) is 26.3. The molecule has 3 rings (SSSR count). The van der Waals surface area contributed by atoms with Crippen molar-refractivity contribution in [3.05, 3.63) is 102 Å². The van der Waals surface area contributed by atoms with Crippen LogP contribution in [0.1, 0.15) is 33.2 Å². The quantitative estimate of drug-likeness (QED) is 0.633. The van der Waals surface area contributed by atoms with Crippen LogP contribution in [-0.4, -0.2) is 30.3 Å². The summed E-state index contributed by atoms with van der Waals surface area (Å²) in [5.74, 6) is -0.227. The molecule has 0 unspecified atom stereocenters. The lowest BCUT2D eigenvalue weighted by atomic mass is 10.1. The molecule has 0 heterocycles. The highest BCUT2D eigenvalue weighted by atomic mass is 16.2. The summed E-state index contributed by atoms with van der Waals surface area (Å²) >= 11 is 0. The van der Waals surface area contributed by atoms with Gasteiger partial charge in [-0.1, -0.05) is 54.6 Å². The topological polar surface area (TPSA) is 40.6 Å². The Hall–Kier alpha value is -3.40. The average Bonchev–Trinajstić information content (AvgIpc) is 2.75. The third-order valence-electron chi connectivity index (χ3n) is 4.59. The van der Waals surface area contributed by atoms with Crippen LogP contribution in [0.5, 0.6) is 0 Å². The number of hydrogen-bond donors (Lipinski definition) is 0. The van der Waals surface area contributed by atoms with E-state index in [0.29, 0.717) is 24.2 Å². The van der Waals surface area contributed by atoms with Crippen LogP contribution in [0, 0.1) is 0 Å². The van der Waals surface area contributed by atoms with Crippen molar-refractivity contribution < 1.29 is 9.59 Å². The summed E-state index contributed by atoms with van der Waals surface area (Å²) in [6.45, 7) is 3.01. The van der Waals surface area contributed by atoms with Gasteiger partial charge < -0.3 is 9.80 Å². The Bertz CT molecular complexity index is 939. The predicted octanol–water partition coefficient (Wildman–Crippen LogP) is 4.63. The van der Waals surface area contributed by atoms with Crippen LogP contribution >= 0.6 is 0 Å². The number of benzene rings is 3. The van der Waals surface area contributed by atoms with Crippen molar-refractivity contribution in [1.29, 1.82) is 0 Å². The zero-order valence-electron chi connectivity index (χ0n) is 16.2. The van der Waals surface area contributed by atoms with Crippen LogP contribution in [0.25, 0.3) is 0 Å². The molecule has 0 aliphatic heterocycles. The number of anilines is 1. The molecule has 142 valence electrons. The van der Waals surface area contributed by atoms with Crippen molar-refractivity contribution >= 4 is 17.5 Å². The van der Waals surface area contributed by atoms with Gasteiger partial charge in [0.25, 0.3) is 11.8 Å². The van der Waals surface area contributed by atoms with Gasteiger partial charge in [0, 0.05) is 37.0 Å². The summed E-state index contributed by atoms with van der Waals surface area (Å²) < 4.78 is 0. The van der Waals surface area contributed by atoms with Gasteiger partial charge >= 0.3 is 0 Å². The molecule has 0 saturated heterocycles. The molecule has 0 spiro atoms. The average molecular weight is 372 g/mol. The molecule has 0 bridgehead atoms. The highest BCUT2D eigenvalue weighted by Crippen LogP contribution is 2.18. The fourth-order valence-electron chi connectivity index (χ4n) is 3.14. The molecular formula is C24H24N2O2. The molecule has 0 saturated carbocycles. The molecule has 0 radical (unpaired) electrons. The Morgan fingerprint density at radius 1 is 0.750 bits per heavy atom. The van der Waals surface area contributed by atoms with Crippen LogP contribution < -0.4 is 4.90 Å². The van der Waals surface area contributed by atoms with Crippen molar-refractivity contribution in [2.24, 2.45) is 0 Å². The fraction of sp³-hybridized carbons (Fsp3) is 0.167. The van der Waals surface area contributed by atoms with E-state index in [1.807, 2.05) is 67.6 Å². The monoisotopic (exact) mass is 372 g/mol. The van der Waals surface area contributed by atoms with Crippen LogP contribution in [-0.2, 0) is 6.54 Å². The third-order valence-corrected chi connectivity index (χ3v) is 4.59. The van der Waals surface area contributed by atoms with E-state index in [4.69, 9.17) is 0 Å². The maximum atomic E-state index is 13.0. The van der Waals surface area contributed by atoms with Gasteiger partial charge in [0.15, 0.2) is 0 Å². The molecule has 2 amide bonds. The normalized spacial score (nSPS) is 10.4. The van der Waals surface area contributed by atoms with Crippen molar-refractivity contribution in [3.63, 3.8) is 0 Å². The minimum atomic E-state index is -0.117. The van der Waals surface area contributed by atoms with Gasteiger partial charge in [-0.25, -0.2) is 0 Å². The second kappa shape index (κ2) is 9.00. The Morgan fingerprint density at radius 3 is 1.93 bits per heavy atom. The first-order chi connectivity index (χ1) is 13.6. The number of carbonyl (C=O) groups is 2. The second-order valence-corrected chi connectivity index (χ2v) is 6.61. The molecule has 3 aromatic rings. The van der Waals surface area contributed by atoms with Gasteiger partial charge in [-0.15, -0.1) is 0 Å². The first-order valence-electron chi connectivity index (χ1n) is 9.36. The molecule has 28 heavy (non-hydrogen) atoms. The maximum Gasteiger partial charge on any atom is 0.258 e. The molecule has 0 aliphatic carbocycles. The minimum absolute atomic E-state index is 0.110. The van der Waals surface area contributed by atoms with E-state index in [0.717, 1.165) is 11.3 Å². The summed E-state index contributed by atoms with van der Waals surface area (Å²) in [5.41, 5.74) is 2.91. The largest absolute Gasteiger partial charge is 0.337 e. The predicted molar refractivity (Wildman–Crippen MR) is 112 cm³/mol. The number of rotatable bonds is 6. The SMILES string of the molecule is CCN(C(=O)c1cccc(C(=O)N(C)Cc2ccccc2)c1)c1ccccc1. The Balaban J connectivity index is 1.79. The summed E-state index contributed by atoms with van der Waals surface area (Å²) in [7, 11) is 1.77. The lowest BCUT2D eigenvalue weighted by Gasteiger charge is -2.22. The van der Waals surface area contributed by atoms with E-state index in [-0.39, 0.29) is 11.8 Å². The molecule has 0 aliphatic rings. The molecule has 0 N–H and O–H groups in total. The number of nitrogens with zero attached hydrogens (tertiary/aromatic N) is 2. The maximum absolute atomic E-state index is 13.0. The van der Waals surface area contributed by atoms with E-state index >= 15 is 0 Å². The van der Waals surface area contributed by atoms with Gasteiger partial charge in [0.2, 0.25) is 0 Å². The lowest BCUT2D eigenvalue weighted by Crippen LogP contribution is -2.31. The van der Waals surface area contributed by atoms with Crippen molar-refractivity contribution in [2.45, 2.75) is 13.5 Å². The molecule has 0 atom stereocenters. The summed E-state index contributed by atoms with van der Waals surface area (Å²) in [4.78, 5) is 29.2. The van der Waals surface area contributed by atoms with Crippen LogP contribution in [0.2, 0.25) is 0 Å². The summed E-state index contributed by atoms with van der Waals surface area (Å²) in [6.07, 6.45) is 0. The van der Waals surface area contributed by atoms with Crippen LogP contribution in [0.3, 0.4) is 0 Å². The first-order valence-corrected chi connectivity index (χ1v) is 9.36. The van der Waals surface area contributed by atoms with Crippen molar-refractivity contribution in [3.8, 4) is 0 Å². The lowest BCUT2D eigenvalue weighted by molar-refractivity contribution is 0.0785. The van der Waals surface area contributed by atoms with Gasteiger partial charge in [0.1, 0.15) is 0 Å². The Kier molecular flexibility index (Phi) is 6.22. The highest BCUT2D eigenvalue weighted by molar-refractivity contribution is 6.07. The zero-order chi connectivity index (χ0) is 19.9. The highest BCUT2D eigenvalue weighted by Gasteiger charge is 2.18. The summed E-state index contributed by atoms with van der Waals surface area (Å²) in [5, 5.41) is 0. The van der Waals surface area contributed by atoms with Crippen LogP contribution in [0.4, 0.5) is 5.69 Å². The minimum Gasteiger partial charge on any atom is -0.337 e. The van der Waals surface area contributed by atoms with Crippen molar-refractivity contribution in [1.82, 2.24) is 4.90 Å². The van der Waals surface area contributed by atoms with E-state index in [2.05, 4.69) is 0 Å². The molecule has 4 nitrogen and oxygen atoms in total. The van der Waals surface area contributed by atoms with Gasteiger partial charge in [-0.2, -0.15) is 0 Å². The fourth-order valence-corrected chi connectivity index (χ4v) is 3.14. The zero-order valence-corrected chi connectivity index (χ0v) is 16.2. The van der Waals surface area contributed by atoms with Crippen LogP contribution in [0.15, 0.2) is 84.9 Å². The molecule has 3 aromatic carbocycles. The first kappa shape index (κ1) is 19.4. The number of hydrogen-bond acceptors (Lipinski definition) is 2. The number of carbonyl (C=O) groups excluding carboxylic acids is 2. The van der Waals surface area contributed by atoms with Gasteiger partial charge in [-0.3, -0.25) is 9.59 Å². The Morgan fingerprint density at radius 2 is 1.32 bits per heavy atom. The van der Waals surface area contributed by atoms with E-state index in [1.54, 1.807) is 41.1 Å². The van der Waals surface area contributed by atoms with Gasteiger partial charge in [0.05, 0.1) is 0 Å². The number of para-hydroxylation sites is 1.